The summed E-state index contributed by atoms with van der Waals surface area (Å²) in [5.41, 5.74) is -2.72. The molecule has 0 aromatic rings. The lowest BCUT2D eigenvalue weighted by molar-refractivity contribution is -0.638. The van der Waals surface area contributed by atoms with Crippen LogP contribution in [-0.4, -0.2) is 34.6 Å². The molecule has 0 aliphatic carbocycles. The van der Waals surface area contributed by atoms with E-state index in [0.717, 1.165) is 0 Å². The van der Waals surface area contributed by atoms with Gasteiger partial charge in [-0.1, -0.05) is 0 Å². The Morgan fingerprint density at radius 1 is 1.21 bits per heavy atom. The zero-order valence-corrected chi connectivity index (χ0v) is 14.3. The number of ether oxygens (including phenoxy) is 1. The van der Waals surface area contributed by atoms with Crippen LogP contribution in [0.4, 0.5) is 0 Å². The van der Waals surface area contributed by atoms with Crippen LogP contribution in [0, 0.1) is 10.1 Å². The van der Waals surface area contributed by atoms with Crippen molar-refractivity contribution >= 4 is 23.5 Å². The highest BCUT2D eigenvalue weighted by Crippen LogP contribution is 2.60. The van der Waals surface area contributed by atoms with Gasteiger partial charge in [0.2, 0.25) is 0 Å². The lowest BCUT2D eigenvalue weighted by Gasteiger charge is -2.37. The molecule has 1 aliphatic heterocycles. The molecular formula is C6H10NO14P3-4. The largest absolute Gasteiger partial charge is 0.790 e. The quantitative estimate of drug-likeness (QED) is 0.236. The highest BCUT2D eigenvalue weighted by atomic mass is 31.3. The molecule has 0 spiro atoms. The zero-order chi connectivity index (χ0) is 19.0. The van der Waals surface area contributed by atoms with Gasteiger partial charge in [0.15, 0.2) is 12.7 Å². The fourth-order valence-corrected chi connectivity index (χ4v) is 4.66. The molecule has 1 saturated heterocycles. The highest BCUT2D eigenvalue weighted by Gasteiger charge is 2.59. The van der Waals surface area contributed by atoms with E-state index >= 15 is 0 Å². The average Bonchev–Trinajstić information content (AvgIpc) is 2.57. The number of phosphoric acid groups is 3. The minimum atomic E-state index is -6.18. The summed E-state index contributed by atoms with van der Waals surface area (Å²) in [5.74, 6) is 0. The molecule has 0 saturated carbocycles. The summed E-state index contributed by atoms with van der Waals surface area (Å²) in [6.45, 7) is -0.153. The minimum Gasteiger partial charge on any atom is -0.790 e. The topological polar surface area (TPSA) is 244 Å². The normalized spacial score (nSPS) is 32.9. The van der Waals surface area contributed by atoms with Crippen LogP contribution in [0.25, 0.3) is 0 Å². The van der Waals surface area contributed by atoms with Crippen molar-refractivity contribution in [3.05, 3.63) is 10.1 Å². The van der Waals surface area contributed by atoms with Gasteiger partial charge in [0.25, 0.3) is 15.6 Å². The second-order valence-electron chi connectivity index (χ2n) is 4.56. The number of aliphatic hydroxyl groups excluding tert-OH is 1. The Labute approximate surface area is 133 Å². The number of rotatable bonds is 8. The molecule has 18 heteroatoms. The van der Waals surface area contributed by atoms with Gasteiger partial charge in [0, 0.05) is 6.42 Å². The van der Waals surface area contributed by atoms with Crippen LogP contribution in [-0.2, 0) is 31.6 Å². The third-order valence-corrected chi connectivity index (χ3v) is 6.26. The van der Waals surface area contributed by atoms with E-state index in [1.807, 2.05) is 0 Å². The molecule has 142 valence electrons. The number of hydrogen-bond acceptors (Lipinski definition) is 14. The number of aliphatic hydroxyl groups is 1. The first-order valence-corrected chi connectivity index (χ1v) is 10.2. The molecular weight excluding hydrogens is 403 g/mol. The van der Waals surface area contributed by atoms with E-state index in [9.17, 15) is 48.5 Å². The van der Waals surface area contributed by atoms with Crippen molar-refractivity contribution in [3.8, 4) is 0 Å². The highest BCUT2D eigenvalue weighted by molar-refractivity contribution is 7.64. The lowest BCUT2D eigenvalue weighted by atomic mass is 10.1. The summed E-state index contributed by atoms with van der Waals surface area (Å²) in [7, 11) is -18.3. The minimum absolute atomic E-state index is 0.243. The summed E-state index contributed by atoms with van der Waals surface area (Å²) in [6, 6.07) is 0. The molecule has 5 atom stereocenters. The molecule has 0 radical (unpaired) electrons. The summed E-state index contributed by atoms with van der Waals surface area (Å²) in [4.78, 5) is 52.4. The standard InChI is InChI=1S/C6H14NO14P3/c1-4-2-5(8)6(19-4,7(9)10)3-18-23(14,15)21-24(16,17)20-22(11,12)13/h4-5,8H,2-3H2,1H3,(H,14,15)(H,16,17)(H2,11,12,13)/p-4. The molecule has 1 aliphatic rings. The maximum atomic E-state index is 11.3. The Bertz CT molecular complexity index is 630. The van der Waals surface area contributed by atoms with Gasteiger partial charge < -0.3 is 38.5 Å². The molecule has 0 amide bonds. The van der Waals surface area contributed by atoms with Crippen molar-refractivity contribution in [1.29, 1.82) is 0 Å². The smallest absolute Gasteiger partial charge is 0.374 e. The average molecular weight is 413 g/mol. The Kier molecular flexibility index (Phi) is 6.49. The Balaban J connectivity index is 2.84. The van der Waals surface area contributed by atoms with Crippen molar-refractivity contribution < 1.29 is 61.2 Å². The first kappa shape index (κ1) is 21.8. The molecule has 15 nitrogen and oxygen atoms in total. The Hall–Kier alpha value is -0.270. The van der Waals surface area contributed by atoms with Gasteiger partial charge in [-0.2, -0.15) is 0 Å². The number of nitrogens with zero attached hydrogens (tertiary/aromatic N) is 1. The Morgan fingerprint density at radius 2 is 1.75 bits per heavy atom. The molecule has 5 unspecified atom stereocenters. The van der Waals surface area contributed by atoms with Crippen LogP contribution < -0.4 is 19.6 Å². The lowest BCUT2D eigenvalue weighted by Crippen LogP contribution is -2.51. The van der Waals surface area contributed by atoms with Gasteiger partial charge in [-0.05, 0) is 6.92 Å². The second kappa shape index (κ2) is 7.16. The molecule has 1 fully saturated rings. The van der Waals surface area contributed by atoms with E-state index in [2.05, 4.69) is 13.1 Å². The SMILES string of the molecule is CC1CC(O)C(COP(=O)([O-])OP(=O)([O-])OP(=O)([O-])[O-])([N+](=O)[O-])O1. The van der Waals surface area contributed by atoms with Gasteiger partial charge in [-0.3, -0.25) is 23.6 Å². The molecule has 1 rings (SSSR count). The van der Waals surface area contributed by atoms with Crippen LogP contribution in [0.15, 0.2) is 0 Å². The molecule has 0 bridgehead atoms. The molecule has 24 heavy (non-hydrogen) atoms. The van der Waals surface area contributed by atoms with Crippen molar-refractivity contribution in [1.82, 2.24) is 0 Å². The van der Waals surface area contributed by atoms with E-state index in [-0.39, 0.29) is 6.42 Å². The predicted molar refractivity (Wildman–Crippen MR) is 61.8 cm³/mol. The molecule has 0 aromatic heterocycles. The van der Waals surface area contributed by atoms with E-state index in [1.165, 1.54) is 6.92 Å². The van der Waals surface area contributed by atoms with Gasteiger partial charge >= 0.3 is 5.72 Å². The second-order valence-corrected chi connectivity index (χ2v) is 8.81. The summed E-state index contributed by atoms with van der Waals surface area (Å²) in [6.07, 6.45) is -2.88. The van der Waals surface area contributed by atoms with Crippen LogP contribution in [0.5, 0.6) is 0 Å². The fraction of sp³-hybridized carbons (Fsp3) is 1.00. The van der Waals surface area contributed by atoms with Crippen molar-refractivity contribution in [2.45, 2.75) is 31.3 Å². The van der Waals surface area contributed by atoms with Crippen molar-refractivity contribution in [2.24, 2.45) is 0 Å². The third-order valence-electron chi connectivity index (χ3n) is 2.62. The number of phosphoric ester groups is 1. The maximum absolute atomic E-state index is 11.3. The maximum Gasteiger partial charge on any atom is 0.374 e. The fourth-order valence-electron chi connectivity index (χ4n) is 1.78. The first-order valence-electron chi connectivity index (χ1n) is 5.80. The van der Waals surface area contributed by atoms with Gasteiger partial charge in [0.05, 0.1) is 18.8 Å². The molecule has 1 N–H and O–H groups in total. The van der Waals surface area contributed by atoms with Gasteiger partial charge in [-0.15, -0.1) is 0 Å². The summed E-state index contributed by atoms with van der Waals surface area (Å²) in [5, 5.41) is 20.6. The van der Waals surface area contributed by atoms with Crippen molar-refractivity contribution in [3.63, 3.8) is 0 Å². The summed E-state index contributed by atoms with van der Waals surface area (Å²) >= 11 is 0. The van der Waals surface area contributed by atoms with Crippen molar-refractivity contribution in [2.75, 3.05) is 6.61 Å². The molecule has 0 aromatic carbocycles. The Morgan fingerprint density at radius 3 is 2.12 bits per heavy atom. The van der Waals surface area contributed by atoms with E-state index < -0.39 is 52.9 Å². The van der Waals surface area contributed by atoms with E-state index in [1.54, 1.807) is 0 Å². The monoisotopic (exact) mass is 413 g/mol. The van der Waals surface area contributed by atoms with Crippen LogP contribution in [0.1, 0.15) is 13.3 Å². The number of nitro groups is 1. The first-order chi connectivity index (χ1) is 10.6. The van der Waals surface area contributed by atoms with Crippen LogP contribution >= 0.6 is 23.5 Å². The third kappa shape index (κ3) is 5.92. The van der Waals surface area contributed by atoms with Gasteiger partial charge in [0.1, 0.15) is 0 Å². The van der Waals surface area contributed by atoms with Crippen LogP contribution in [0.2, 0.25) is 0 Å². The predicted octanol–water partition coefficient (Wildman–Crippen LogP) is -3.06. The zero-order valence-electron chi connectivity index (χ0n) is 11.6. The summed E-state index contributed by atoms with van der Waals surface area (Å²) < 4.78 is 47.3. The van der Waals surface area contributed by atoms with Crippen LogP contribution in [0.3, 0.4) is 0 Å². The van der Waals surface area contributed by atoms with Gasteiger partial charge in [-0.25, -0.2) is 4.31 Å². The van der Waals surface area contributed by atoms with E-state index in [0.29, 0.717) is 0 Å². The van der Waals surface area contributed by atoms with E-state index in [4.69, 9.17) is 4.74 Å². The molecule has 1 heterocycles. The number of hydrogen-bond donors (Lipinski definition) is 1.